The largest absolute Gasteiger partial charge is 0.490 e. The standard InChI is InChI=1S/C30H40O4/c1-6-19-34-29-16-13-27(14-17-29)30(31)18-15-26-12-11-25(9-7-20-32-23(2)3)22-28(26)10-8-21-33-24(4)5/h6,11-18,22-24H,1,7-10,19-21H2,2-5H3. The maximum Gasteiger partial charge on any atom is 0.185 e. The summed E-state index contributed by atoms with van der Waals surface area (Å²) in [7, 11) is 0. The lowest BCUT2D eigenvalue weighted by atomic mass is 9.97. The minimum atomic E-state index is -0.0285. The van der Waals surface area contributed by atoms with Crippen LogP contribution in [-0.4, -0.2) is 37.8 Å². The van der Waals surface area contributed by atoms with E-state index in [-0.39, 0.29) is 18.0 Å². The molecule has 0 unspecified atom stereocenters. The molecule has 2 aromatic carbocycles. The zero-order valence-corrected chi connectivity index (χ0v) is 21.2. The van der Waals surface area contributed by atoms with E-state index in [1.807, 2.05) is 18.2 Å². The summed E-state index contributed by atoms with van der Waals surface area (Å²) in [5, 5.41) is 0. The van der Waals surface area contributed by atoms with Crippen LogP contribution in [0.25, 0.3) is 6.08 Å². The van der Waals surface area contributed by atoms with Gasteiger partial charge in [0, 0.05) is 18.8 Å². The normalized spacial score (nSPS) is 11.5. The highest BCUT2D eigenvalue weighted by Gasteiger charge is 2.07. The second-order valence-electron chi connectivity index (χ2n) is 8.90. The maximum absolute atomic E-state index is 12.7. The Morgan fingerprint density at radius 2 is 1.56 bits per heavy atom. The molecule has 0 saturated carbocycles. The van der Waals surface area contributed by atoms with E-state index >= 15 is 0 Å². The molecule has 0 amide bonds. The molecule has 2 aromatic rings. The molecule has 0 fully saturated rings. The van der Waals surface area contributed by atoms with Crippen molar-refractivity contribution in [2.75, 3.05) is 19.8 Å². The molecule has 0 aliphatic rings. The lowest BCUT2D eigenvalue weighted by Gasteiger charge is -2.12. The number of allylic oxidation sites excluding steroid dienone is 1. The quantitative estimate of drug-likeness (QED) is 0.118. The number of rotatable bonds is 16. The van der Waals surface area contributed by atoms with Crippen LogP contribution in [0.3, 0.4) is 0 Å². The Hall–Kier alpha value is -2.69. The van der Waals surface area contributed by atoms with Gasteiger partial charge in [-0.2, -0.15) is 0 Å². The molecule has 0 aromatic heterocycles. The Labute approximate surface area is 205 Å². The van der Waals surface area contributed by atoms with Crippen LogP contribution in [0.4, 0.5) is 0 Å². The highest BCUT2D eigenvalue weighted by Crippen LogP contribution is 2.19. The average Bonchev–Trinajstić information content (AvgIpc) is 2.82. The molecule has 0 heterocycles. The minimum Gasteiger partial charge on any atom is -0.490 e. The second kappa shape index (κ2) is 15.3. The summed E-state index contributed by atoms with van der Waals surface area (Å²) < 4.78 is 16.9. The van der Waals surface area contributed by atoms with Gasteiger partial charge in [0.25, 0.3) is 0 Å². The molecule has 0 spiro atoms. The fourth-order valence-electron chi connectivity index (χ4n) is 3.50. The predicted octanol–water partition coefficient (Wildman–Crippen LogP) is 6.86. The summed E-state index contributed by atoms with van der Waals surface area (Å²) in [6.07, 6.45) is 9.59. The van der Waals surface area contributed by atoms with E-state index in [1.54, 1.807) is 24.3 Å². The highest BCUT2D eigenvalue weighted by atomic mass is 16.5. The molecule has 0 N–H and O–H groups in total. The molecule has 0 saturated heterocycles. The molecule has 34 heavy (non-hydrogen) atoms. The molecular formula is C30H40O4. The minimum absolute atomic E-state index is 0.0285. The second-order valence-corrected chi connectivity index (χ2v) is 8.90. The van der Waals surface area contributed by atoms with Gasteiger partial charge in [-0.05, 0) is 100 Å². The number of carbonyl (C=O) groups excluding carboxylic acids is 1. The van der Waals surface area contributed by atoms with Crippen molar-refractivity contribution in [3.63, 3.8) is 0 Å². The third-order valence-electron chi connectivity index (χ3n) is 5.23. The van der Waals surface area contributed by atoms with Gasteiger partial charge >= 0.3 is 0 Å². The van der Waals surface area contributed by atoms with Crippen molar-refractivity contribution in [3.05, 3.63) is 83.4 Å². The number of carbonyl (C=O) groups is 1. The van der Waals surface area contributed by atoms with E-state index in [0.29, 0.717) is 12.2 Å². The smallest absolute Gasteiger partial charge is 0.185 e. The monoisotopic (exact) mass is 464 g/mol. The van der Waals surface area contributed by atoms with Gasteiger partial charge in [0.15, 0.2) is 5.78 Å². The number of hydrogen-bond acceptors (Lipinski definition) is 4. The van der Waals surface area contributed by atoms with E-state index in [1.165, 1.54) is 11.1 Å². The zero-order valence-electron chi connectivity index (χ0n) is 21.2. The van der Waals surface area contributed by atoms with Crippen LogP contribution >= 0.6 is 0 Å². The van der Waals surface area contributed by atoms with E-state index in [9.17, 15) is 4.79 Å². The molecular weight excluding hydrogens is 424 g/mol. The van der Waals surface area contributed by atoms with Crippen LogP contribution < -0.4 is 4.74 Å². The Morgan fingerprint density at radius 1 is 0.912 bits per heavy atom. The third-order valence-corrected chi connectivity index (χ3v) is 5.23. The van der Waals surface area contributed by atoms with E-state index in [2.05, 4.69) is 52.5 Å². The van der Waals surface area contributed by atoms with E-state index < -0.39 is 0 Å². The van der Waals surface area contributed by atoms with Gasteiger partial charge in [-0.3, -0.25) is 4.79 Å². The van der Waals surface area contributed by atoms with Crippen LogP contribution in [0, 0.1) is 0 Å². The molecule has 0 aliphatic heterocycles. The summed E-state index contributed by atoms with van der Waals surface area (Å²) in [6.45, 7) is 13.8. The number of hydrogen-bond donors (Lipinski definition) is 0. The first kappa shape index (κ1) is 27.6. The molecule has 2 rings (SSSR count). The zero-order chi connectivity index (χ0) is 24.8. The number of benzene rings is 2. The van der Waals surface area contributed by atoms with Crippen molar-refractivity contribution < 1.29 is 19.0 Å². The Morgan fingerprint density at radius 3 is 2.18 bits per heavy atom. The van der Waals surface area contributed by atoms with Crippen molar-refractivity contribution in [1.29, 1.82) is 0 Å². The number of ketones is 1. The van der Waals surface area contributed by atoms with E-state index in [0.717, 1.165) is 50.2 Å². The third kappa shape index (κ3) is 10.5. The summed E-state index contributed by atoms with van der Waals surface area (Å²) in [5.41, 5.74) is 4.25. The topological polar surface area (TPSA) is 44.8 Å². The summed E-state index contributed by atoms with van der Waals surface area (Å²) in [4.78, 5) is 12.7. The molecule has 184 valence electrons. The van der Waals surface area contributed by atoms with Gasteiger partial charge in [0.05, 0.1) is 12.2 Å². The van der Waals surface area contributed by atoms with Crippen LogP contribution in [0.1, 0.15) is 67.6 Å². The SMILES string of the molecule is C=CCOc1ccc(C(=O)C=Cc2ccc(CCCOC(C)C)cc2CCCOC(C)C)cc1. The van der Waals surface area contributed by atoms with Gasteiger partial charge in [-0.15, -0.1) is 0 Å². The highest BCUT2D eigenvalue weighted by molar-refractivity contribution is 6.06. The van der Waals surface area contributed by atoms with Gasteiger partial charge < -0.3 is 14.2 Å². The first-order valence-corrected chi connectivity index (χ1v) is 12.3. The van der Waals surface area contributed by atoms with Crippen molar-refractivity contribution in [2.24, 2.45) is 0 Å². The van der Waals surface area contributed by atoms with Crippen LogP contribution in [0.2, 0.25) is 0 Å². The van der Waals surface area contributed by atoms with Crippen LogP contribution in [-0.2, 0) is 22.3 Å². The molecule has 0 atom stereocenters. The fourth-order valence-corrected chi connectivity index (χ4v) is 3.50. The van der Waals surface area contributed by atoms with Gasteiger partial charge in [0.1, 0.15) is 12.4 Å². The Bertz CT molecular complexity index is 910. The van der Waals surface area contributed by atoms with Crippen molar-refractivity contribution in [2.45, 2.75) is 65.6 Å². The van der Waals surface area contributed by atoms with Crippen molar-refractivity contribution in [1.82, 2.24) is 0 Å². The average molecular weight is 465 g/mol. The summed E-state index contributed by atoms with van der Waals surface area (Å²) in [6, 6.07) is 13.7. The van der Waals surface area contributed by atoms with Gasteiger partial charge in [-0.1, -0.05) is 36.9 Å². The first-order valence-electron chi connectivity index (χ1n) is 12.3. The number of ether oxygens (including phenoxy) is 3. The lowest BCUT2D eigenvalue weighted by molar-refractivity contribution is 0.0772. The van der Waals surface area contributed by atoms with Crippen molar-refractivity contribution in [3.8, 4) is 5.75 Å². The summed E-state index contributed by atoms with van der Waals surface area (Å²) >= 11 is 0. The first-order chi connectivity index (χ1) is 16.4. The van der Waals surface area contributed by atoms with Gasteiger partial charge in [0.2, 0.25) is 0 Å². The summed E-state index contributed by atoms with van der Waals surface area (Å²) in [5.74, 6) is 0.694. The Kier molecular flexibility index (Phi) is 12.4. The van der Waals surface area contributed by atoms with Gasteiger partial charge in [-0.25, -0.2) is 0 Å². The molecule has 4 nitrogen and oxygen atoms in total. The predicted molar refractivity (Wildman–Crippen MR) is 141 cm³/mol. The Balaban J connectivity index is 2.08. The van der Waals surface area contributed by atoms with Crippen LogP contribution in [0.5, 0.6) is 5.75 Å². The fraction of sp³-hybridized carbons (Fsp3) is 0.433. The number of aryl methyl sites for hydroxylation is 2. The van der Waals surface area contributed by atoms with Crippen molar-refractivity contribution >= 4 is 11.9 Å². The lowest BCUT2D eigenvalue weighted by Crippen LogP contribution is -2.06. The van der Waals surface area contributed by atoms with Crippen LogP contribution in [0.15, 0.2) is 61.2 Å². The molecule has 0 aliphatic carbocycles. The maximum atomic E-state index is 12.7. The molecule has 0 radical (unpaired) electrons. The molecule has 4 heteroatoms. The molecule has 0 bridgehead atoms. The van der Waals surface area contributed by atoms with E-state index in [4.69, 9.17) is 14.2 Å².